The number of amides is 5. The molecular weight excluding hydrogens is 366 g/mol. The zero-order valence-electron chi connectivity index (χ0n) is 12.6. The number of nitrogens with two attached hydrogens (primary N) is 1. The molecule has 1 aliphatic rings. The van der Waals surface area contributed by atoms with Crippen molar-refractivity contribution in [2.45, 2.75) is 25.3 Å². The Hall–Kier alpha value is -2.13. The number of urea groups is 2. The predicted molar refractivity (Wildman–Crippen MR) is 88.4 cm³/mol. The molecule has 0 spiro atoms. The van der Waals surface area contributed by atoms with E-state index >= 15 is 0 Å². The van der Waals surface area contributed by atoms with Crippen molar-refractivity contribution in [3.8, 4) is 0 Å². The van der Waals surface area contributed by atoms with E-state index in [1.807, 2.05) is 0 Å². The molecule has 5 amide bonds. The topological polar surface area (TPSA) is 117 Å². The van der Waals surface area contributed by atoms with Crippen molar-refractivity contribution in [1.82, 2.24) is 15.8 Å². The molecule has 1 aliphatic heterocycles. The van der Waals surface area contributed by atoms with E-state index in [0.29, 0.717) is 23.5 Å². The molecule has 0 aromatic heterocycles. The highest BCUT2D eigenvalue weighted by atomic mass is 79.9. The van der Waals surface area contributed by atoms with E-state index < -0.39 is 23.5 Å². The molecule has 1 fully saturated rings. The van der Waals surface area contributed by atoms with Crippen molar-refractivity contribution in [2.24, 2.45) is 5.73 Å². The normalized spacial score (nSPS) is 20.4. The third-order valence-corrected chi connectivity index (χ3v) is 4.18. The first-order valence-corrected chi connectivity index (χ1v) is 7.91. The minimum absolute atomic E-state index is 0.249. The second-order valence-corrected chi connectivity index (χ2v) is 6.03. The summed E-state index contributed by atoms with van der Waals surface area (Å²) in [6, 6.07) is 5.52. The first kappa shape index (κ1) is 17.2. The SMILES string of the molecule is CCC1(CCN)NC(=O)N(NC(=O)Nc2ccc(Br)cc2)C1=O. The van der Waals surface area contributed by atoms with Gasteiger partial charge < -0.3 is 16.4 Å². The summed E-state index contributed by atoms with van der Waals surface area (Å²) >= 11 is 3.29. The molecule has 5 N–H and O–H groups in total. The van der Waals surface area contributed by atoms with E-state index in [4.69, 9.17) is 5.73 Å². The Morgan fingerprint density at radius 3 is 2.57 bits per heavy atom. The number of hydrogen-bond donors (Lipinski definition) is 4. The van der Waals surface area contributed by atoms with Crippen molar-refractivity contribution >= 4 is 39.6 Å². The number of benzene rings is 1. The summed E-state index contributed by atoms with van der Waals surface area (Å²) < 4.78 is 0.868. The van der Waals surface area contributed by atoms with Crippen LogP contribution in [0.1, 0.15) is 19.8 Å². The monoisotopic (exact) mass is 383 g/mol. The predicted octanol–water partition coefficient (Wildman–Crippen LogP) is 1.54. The summed E-state index contributed by atoms with van der Waals surface area (Å²) in [6.07, 6.45) is 0.696. The summed E-state index contributed by atoms with van der Waals surface area (Å²) in [5.41, 5.74) is 7.24. The molecule has 124 valence electrons. The van der Waals surface area contributed by atoms with Gasteiger partial charge in [-0.2, -0.15) is 5.01 Å². The summed E-state index contributed by atoms with van der Waals surface area (Å²) in [5.74, 6) is -0.513. The smallest absolute Gasteiger partial charge is 0.330 e. The van der Waals surface area contributed by atoms with Crippen LogP contribution >= 0.6 is 15.9 Å². The Bertz CT molecular complexity index is 621. The standard InChI is InChI=1S/C14H18BrN5O3/c1-2-14(7-8-16)11(21)20(13(23)18-14)19-12(22)17-10-5-3-9(15)4-6-10/h3-6H,2,7-8,16H2,1H3,(H,18,23)(H2,17,19,22). The largest absolute Gasteiger partial charge is 0.344 e. The average Bonchev–Trinajstić information content (AvgIpc) is 2.75. The molecule has 1 aromatic carbocycles. The summed E-state index contributed by atoms with van der Waals surface area (Å²) in [6.45, 7) is 2.03. The van der Waals surface area contributed by atoms with E-state index in [1.54, 1.807) is 31.2 Å². The van der Waals surface area contributed by atoms with Crippen LogP contribution in [0.25, 0.3) is 0 Å². The molecule has 0 aliphatic carbocycles. The molecule has 1 unspecified atom stereocenters. The number of nitrogens with one attached hydrogen (secondary N) is 3. The molecule has 0 bridgehead atoms. The molecule has 9 heteroatoms. The van der Waals surface area contributed by atoms with E-state index in [2.05, 4.69) is 32.0 Å². The van der Waals surface area contributed by atoms with E-state index in [9.17, 15) is 14.4 Å². The molecule has 0 saturated carbocycles. The minimum Gasteiger partial charge on any atom is -0.330 e. The first-order valence-electron chi connectivity index (χ1n) is 7.12. The zero-order chi connectivity index (χ0) is 17.0. The molecule has 1 atom stereocenters. The van der Waals surface area contributed by atoms with Crippen LogP contribution in [-0.4, -0.2) is 35.1 Å². The van der Waals surface area contributed by atoms with Crippen LogP contribution in [0.3, 0.4) is 0 Å². The van der Waals surface area contributed by atoms with Gasteiger partial charge in [0, 0.05) is 10.2 Å². The number of carbonyl (C=O) groups is 3. The van der Waals surface area contributed by atoms with Crippen LogP contribution in [0.5, 0.6) is 0 Å². The van der Waals surface area contributed by atoms with Gasteiger partial charge in [-0.1, -0.05) is 22.9 Å². The van der Waals surface area contributed by atoms with Crippen molar-refractivity contribution in [3.05, 3.63) is 28.7 Å². The van der Waals surface area contributed by atoms with Gasteiger partial charge in [-0.25, -0.2) is 15.0 Å². The van der Waals surface area contributed by atoms with Gasteiger partial charge in [0.05, 0.1) is 0 Å². The maximum Gasteiger partial charge on any atom is 0.344 e. The number of hydrazine groups is 1. The van der Waals surface area contributed by atoms with Gasteiger partial charge in [0.1, 0.15) is 5.54 Å². The lowest BCUT2D eigenvalue weighted by molar-refractivity contribution is -0.133. The fourth-order valence-corrected chi connectivity index (χ4v) is 2.61. The lowest BCUT2D eigenvalue weighted by atomic mass is 9.92. The molecule has 8 nitrogen and oxygen atoms in total. The third kappa shape index (κ3) is 3.62. The molecule has 1 heterocycles. The summed E-state index contributed by atoms with van der Waals surface area (Å²) in [7, 11) is 0. The number of imide groups is 1. The summed E-state index contributed by atoms with van der Waals surface area (Å²) in [4.78, 5) is 36.4. The van der Waals surface area contributed by atoms with Crippen molar-refractivity contribution in [3.63, 3.8) is 0 Å². The second kappa shape index (κ2) is 6.97. The first-order chi connectivity index (χ1) is 10.9. The number of rotatable bonds is 5. The zero-order valence-corrected chi connectivity index (χ0v) is 14.1. The van der Waals surface area contributed by atoms with Gasteiger partial charge in [-0.3, -0.25) is 4.79 Å². The number of anilines is 1. The van der Waals surface area contributed by atoms with Gasteiger partial charge in [-0.05, 0) is 43.7 Å². The molecule has 2 rings (SSSR count). The van der Waals surface area contributed by atoms with Crippen molar-refractivity contribution in [2.75, 3.05) is 11.9 Å². The summed E-state index contributed by atoms with van der Waals surface area (Å²) in [5, 5.41) is 5.84. The highest BCUT2D eigenvalue weighted by Gasteiger charge is 2.50. The number of halogens is 1. The van der Waals surface area contributed by atoms with Crippen LogP contribution in [0.15, 0.2) is 28.7 Å². The minimum atomic E-state index is -1.06. The van der Waals surface area contributed by atoms with Crippen molar-refractivity contribution < 1.29 is 14.4 Å². The second-order valence-electron chi connectivity index (χ2n) is 5.12. The maximum absolute atomic E-state index is 12.4. The Labute approximate surface area is 141 Å². The Morgan fingerprint density at radius 1 is 1.35 bits per heavy atom. The van der Waals surface area contributed by atoms with Gasteiger partial charge in [0.25, 0.3) is 5.91 Å². The lowest BCUT2D eigenvalue weighted by Gasteiger charge is -2.24. The Balaban J connectivity index is 2.04. The average molecular weight is 384 g/mol. The van der Waals surface area contributed by atoms with Gasteiger partial charge >= 0.3 is 12.1 Å². The van der Waals surface area contributed by atoms with E-state index in [-0.39, 0.29) is 6.54 Å². The number of hydrogen-bond acceptors (Lipinski definition) is 4. The quantitative estimate of drug-likeness (QED) is 0.576. The van der Waals surface area contributed by atoms with Gasteiger partial charge in [0.15, 0.2) is 0 Å². The fourth-order valence-electron chi connectivity index (χ4n) is 2.35. The molecule has 23 heavy (non-hydrogen) atoms. The van der Waals surface area contributed by atoms with Crippen LogP contribution < -0.4 is 21.8 Å². The molecule has 1 saturated heterocycles. The van der Waals surface area contributed by atoms with Crippen LogP contribution in [-0.2, 0) is 4.79 Å². The van der Waals surface area contributed by atoms with Crippen LogP contribution in [0.4, 0.5) is 15.3 Å². The molecular formula is C14H18BrN5O3. The fraction of sp³-hybridized carbons (Fsp3) is 0.357. The lowest BCUT2D eigenvalue weighted by Crippen LogP contribution is -2.51. The van der Waals surface area contributed by atoms with E-state index in [0.717, 1.165) is 4.47 Å². The highest BCUT2D eigenvalue weighted by molar-refractivity contribution is 9.10. The maximum atomic E-state index is 12.4. The highest BCUT2D eigenvalue weighted by Crippen LogP contribution is 2.23. The molecule has 0 radical (unpaired) electrons. The van der Waals surface area contributed by atoms with Crippen molar-refractivity contribution in [1.29, 1.82) is 0 Å². The number of nitrogens with zero attached hydrogens (tertiary/aromatic N) is 1. The Kier molecular flexibility index (Phi) is 5.22. The van der Waals surface area contributed by atoms with Gasteiger partial charge in [-0.15, -0.1) is 0 Å². The van der Waals surface area contributed by atoms with E-state index in [1.165, 1.54) is 0 Å². The third-order valence-electron chi connectivity index (χ3n) is 3.65. The Morgan fingerprint density at radius 2 is 2.00 bits per heavy atom. The van der Waals surface area contributed by atoms with Gasteiger partial charge in [0.2, 0.25) is 0 Å². The number of carbonyl (C=O) groups excluding carboxylic acids is 3. The molecule has 1 aromatic rings. The van der Waals surface area contributed by atoms with Crippen LogP contribution in [0, 0.1) is 0 Å². The van der Waals surface area contributed by atoms with Crippen LogP contribution in [0.2, 0.25) is 0 Å².